The van der Waals surface area contributed by atoms with Crippen molar-refractivity contribution in [1.82, 2.24) is 24.9 Å². The van der Waals surface area contributed by atoms with Gasteiger partial charge in [0.1, 0.15) is 0 Å². The van der Waals surface area contributed by atoms with Gasteiger partial charge in [0, 0.05) is 38.4 Å². The molecule has 1 saturated heterocycles. The number of urea groups is 1. The number of amides is 3. The van der Waals surface area contributed by atoms with E-state index in [2.05, 4.69) is 10.4 Å². The Morgan fingerprint density at radius 2 is 1.66 bits per heavy atom. The van der Waals surface area contributed by atoms with Gasteiger partial charge in [0.05, 0.1) is 18.3 Å². The molecular weight excluding hydrogens is 366 g/mol. The van der Waals surface area contributed by atoms with Crippen LogP contribution in [0.4, 0.5) is 4.79 Å². The smallest absolute Gasteiger partial charge is 0.317 e. The van der Waals surface area contributed by atoms with Gasteiger partial charge in [-0.2, -0.15) is 5.10 Å². The van der Waals surface area contributed by atoms with Gasteiger partial charge in [0.25, 0.3) is 5.91 Å². The first-order valence-electron chi connectivity index (χ1n) is 10.6. The molecule has 1 N–H and O–H groups in total. The van der Waals surface area contributed by atoms with Gasteiger partial charge in [-0.25, -0.2) is 4.79 Å². The molecule has 0 spiro atoms. The maximum absolute atomic E-state index is 12.8. The fourth-order valence-corrected chi connectivity index (χ4v) is 4.14. The Morgan fingerprint density at radius 3 is 2.38 bits per heavy atom. The Morgan fingerprint density at radius 1 is 0.966 bits per heavy atom. The first-order chi connectivity index (χ1) is 14.2. The normalized spacial score (nSPS) is 17.9. The van der Waals surface area contributed by atoms with E-state index in [1.807, 2.05) is 40.1 Å². The maximum atomic E-state index is 12.8. The molecule has 0 radical (unpaired) electrons. The summed E-state index contributed by atoms with van der Waals surface area (Å²) in [6.07, 6.45) is 9.27. The summed E-state index contributed by atoms with van der Waals surface area (Å²) in [5.41, 5.74) is 1.74. The molecule has 2 aromatic rings. The van der Waals surface area contributed by atoms with Crippen molar-refractivity contribution in [2.24, 2.45) is 0 Å². The zero-order valence-electron chi connectivity index (χ0n) is 16.8. The number of carbonyl (C=O) groups excluding carboxylic acids is 2. The SMILES string of the molecule is O=C(NC1CCCCC1)N1CCN(C(=O)c2cnn(Cc3ccccc3)c2)CC1. The summed E-state index contributed by atoms with van der Waals surface area (Å²) in [5.74, 6) is -0.0170. The zero-order valence-corrected chi connectivity index (χ0v) is 16.8. The molecule has 2 heterocycles. The highest BCUT2D eigenvalue weighted by atomic mass is 16.2. The van der Waals surface area contributed by atoms with Crippen LogP contribution in [0, 0.1) is 0 Å². The van der Waals surface area contributed by atoms with E-state index in [9.17, 15) is 9.59 Å². The zero-order chi connectivity index (χ0) is 20.1. The molecule has 1 aromatic carbocycles. The minimum Gasteiger partial charge on any atom is -0.335 e. The second kappa shape index (κ2) is 9.11. The van der Waals surface area contributed by atoms with Crippen LogP contribution in [-0.4, -0.2) is 63.7 Å². The van der Waals surface area contributed by atoms with Crippen LogP contribution in [0.25, 0.3) is 0 Å². The molecule has 3 amide bonds. The summed E-state index contributed by atoms with van der Waals surface area (Å²) in [6, 6.07) is 10.4. The van der Waals surface area contributed by atoms with E-state index in [1.165, 1.54) is 19.3 Å². The quantitative estimate of drug-likeness (QED) is 0.865. The van der Waals surface area contributed by atoms with Gasteiger partial charge in [-0.3, -0.25) is 9.48 Å². The third-order valence-electron chi connectivity index (χ3n) is 5.85. The second-order valence-electron chi connectivity index (χ2n) is 7.98. The van der Waals surface area contributed by atoms with E-state index < -0.39 is 0 Å². The Labute approximate surface area is 171 Å². The van der Waals surface area contributed by atoms with Crippen LogP contribution >= 0.6 is 0 Å². The molecule has 2 aliphatic rings. The van der Waals surface area contributed by atoms with Crippen LogP contribution in [-0.2, 0) is 6.54 Å². The Balaban J connectivity index is 1.27. The predicted octanol–water partition coefficient (Wildman–Crippen LogP) is 2.73. The lowest BCUT2D eigenvalue weighted by molar-refractivity contribution is 0.0662. The number of hydrogen-bond donors (Lipinski definition) is 1. The van der Waals surface area contributed by atoms with E-state index >= 15 is 0 Å². The van der Waals surface area contributed by atoms with Crippen molar-refractivity contribution in [2.45, 2.75) is 44.7 Å². The van der Waals surface area contributed by atoms with Gasteiger partial charge >= 0.3 is 6.03 Å². The third kappa shape index (κ3) is 4.96. The predicted molar refractivity (Wildman–Crippen MR) is 111 cm³/mol. The van der Waals surface area contributed by atoms with Gasteiger partial charge < -0.3 is 15.1 Å². The lowest BCUT2D eigenvalue weighted by Gasteiger charge is -2.35. The second-order valence-corrected chi connectivity index (χ2v) is 7.98. The van der Waals surface area contributed by atoms with E-state index in [4.69, 9.17) is 0 Å². The number of nitrogens with one attached hydrogen (secondary N) is 1. The van der Waals surface area contributed by atoms with Crippen molar-refractivity contribution >= 4 is 11.9 Å². The van der Waals surface area contributed by atoms with Gasteiger partial charge in [-0.05, 0) is 18.4 Å². The minimum absolute atomic E-state index is 0.0136. The largest absolute Gasteiger partial charge is 0.335 e. The van der Waals surface area contributed by atoms with Crippen LogP contribution in [0.5, 0.6) is 0 Å². The standard InChI is InChI=1S/C22H29N5O2/c28-21(19-15-23-27(17-19)16-18-7-3-1-4-8-18)25-11-13-26(14-12-25)22(29)24-20-9-5-2-6-10-20/h1,3-4,7-8,15,17,20H,2,5-6,9-14,16H2,(H,24,29). The highest BCUT2D eigenvalue weighted by Gasteiger charge is 2.27. The molecule has 1 aliphatic carbocycles. The first-order valence-corrected chi connectivity index (χ1v) is 10.6. The summed E-state index contributed by atoms with van der Waals surface area (Å²) in [7, 11) is 0. The van der Waals surface area contributed by atoms with Gasteiger partial charge in [-0.1, -0.05) is 49.6 Å². The molecule has 7 nitrogen and oxygen atoms in total. The van der Waals surface area contributed by atoms with Crippen molar-refractivity contribution in [3.05, 3.63) is 53.9 Å². The third-order valence-corrected chi connectivity index (χ3v) is 5.85. The van der Waals surface area contributed by atoms with Gasteiger partial charge in [0.2, 0.25) is 0 Å². The summed E-state index contributed by atoms with van der Waals surface area (Å²) >= 11 is 0. The van der Waals surface area contributed by atoms with E-state index in [0.717, 1.165) is 18.4 Å². The molecular formula is C22H29N5O2. The molecule has 4 rings (SSSR count). The van der Waals surface area contributed by atoms with Crippen molar-refractivity contribution in [2.75, 3.05) is 26.2 Å². The number of benzene rings is 1. The highest BCUT2D eigenvalue weighted by molar-refractivity contribution is 5.94. The summed E-state index contributed by atoms with van der Waals surface area (Å²) < 4.78 is 1.79. The summed E-state index contributed by atoms with van der Waals surface area (Å²) in [6.45, 7) is 2.90. The maximum Gasteiger partial charge on any atom is 0.317 e. The molecule has 0 bridgehead atoms. The number of rotatable bonds is 4. The van der Waals surface area contributed by atoms with Gasteiger partial charge in [-0.15, -0.1) is 0 Å². The van der Waals surface area contributed by atoms with Crippen LogP contribution < -0.4 is 5.32 Å². The van der Waals surface area contributed by atoms with E-state index in [1.54, 1.807) is 17.1 Å². The molecule has 2 fully saturated rings. The first kappa shape index (κ1) is 19.5. The Bertz CT molecular complexity index is 821. The van der Waals surface area contributed by atoms with Crippen LogP contribution in [0.2, 0.25) is 0 Å². The van der Waals surface area contributed by atoms with E-state index in [0.29, 0.717) is 44.3 Å². The number of nitrogens with zero attached hydrogens (tertiary/aromatic N) is 4. The number of aromatic nitrogens is 2. The van der Waals surface area contributed by atoms with Crippen molar-refractivity contribution < 1.29 is 9.59 Å². The lowest BCUT2D eigenvalue weighted by atomic mass is 9.96. The summed E-state index contributed by atoms with van der Waals surface area (Å²) in [4.78, 5) is 28.9. The Hall–Kier alpha value is -2.83. The fraction of sp³-hybridized carbons (Fsp3) is 0.500. The van der Waals surface area contributed by atoms with E-state index in [-0.39, 0.29) is 11.9 Å². The molecule has 1 aliphatic heterocycles. The molecule has 0 unspecified atom stereocenters. The van der Waals surface area contributed by atoms with Crippen molar-refractivity contribution in [3.63, 3.8) is 0 Å². The molecule has 29 heavy (non-hydrogen) atoms. The average molecular weight is 396 g/mol. The lowest BCUT2D eigenvalue weighted by Crippen LogP contribution is -2.54. The molecule has 154 valence electrons. The molecule has 1 aromatic heterocycles. The van der Waals surface area contributed by atoms with Crippen LogP contribution in [0.3, 0.4) is 0 Å². The minimum atomic E-state index is -0.0170. The number of piperazine rings is 1. The van der Waals surface area contributed by atoms with Gasteiger partial charge in [0.15, 0.2) is 0 Å². The number of carbonyl (C=O) groups is 2. The summed E-state index contributed by atoms with van der Waals surface area (Å²) in [5, 5.41) is 7.49. The van der Waals surface area contributed by atoms with Crippen LogP contribution in [0.15, 0.2) is 42.7 Å². The Kier molecular flexibility index (Phi) is 6.12. The molecule has 7 heteroatoms. The fourth-order valence-electron chi connectivity index (χ4n) is 4.14. The van der Waals surface area contributed by atoms with Crippen molar-refractivity contribution in [3.8, 4) is 0 Å². The van der Waals surface area contributed by atoms with Crippen molar-refractivity contribution in [1.29, 1.82) is 0 Å². The molecule has 0 atom stereocenters. The molecule has 1 saturated carbocycles. The highest BCUT2D eigenvalue weighted by Crippen LogP contribution is 2.18. The monoisotopic (exact) mass is 395 g/mol. The average Bonchev–Trinajstić information content (AvgIpc) is 3.23. The van der Waals surface area contributed by atoms with Crippen LogP contribution in [0.1, 0.15) is 48.0 Å². The number of hydrogen-bond acceptors (Lipinski definition) is 3. The topological polar surface area (TPSA) is 70.5 Å².